The fourth-order valence-corrected chi connectivity index (χ4v) is 2.81. The number of hydrogen-bond donors (Lipinski definition) is 1. The van der Waals surface area contributed by atoms with Gasteiger partial charge in [0.1, 0.15) is 0 Å². The van der Waals surface area contributed by atoms with Crippen molar-refractivity contribution < 1.29 is 14.5 Å². The van der Waals surface area contributed by atoms with E-state index in [2.05, 4.69) is 5.32 Å². The van der Waals surface area contributed by atoms with Crippen LogP contribution < -0.4 is 5.32 Å². The zero-order chi connectivity index (χ0) is 16.8. The minimum Gasteiger partial charge on any atom is -0.325 e. The third kappa shape index (κ3) is 4.65. The highest BCUT2D eigenvalue weighted by atomic mass is 32.2. The molecule has 0 radical (unpaired) electrons. The SMILES string of the molecule is CC(=O)Nc1ccccc1SCC(=O)c1cccc([N+](=O)[O-])c1. The second-order valence-electron chi connectivity index (χ2n) is 4.70. The van der Waals surface area contributed by atoms with Crippen molar-refractivity contribution in [2.24, 2.45) is 0 Å². The van der Waals surface area contributed by atoms with Crippen LogP contribution in [0, 0.1) is 10.1 Å². The molecule has 0 atom stereocenters. The van der Waals surface area contributed by atoms with Crippen LogP contribution in [0.1, 0.15) is 17.3 Å². The van der Waals surface area contributed by atoms with Crippen LogP contribution in [0.3, 0.4) is 0 Å². The van der Waals surface area contributed by atoms with Crippen molar-refractivity contribution in [3.05, 3.63) is 64.2 Å². The Hall–Kier alpha value is -2.67. The number of nitrogens with one attached hydrogen (secondary N) is 1. The van der Waals surface area contributed by atoms with E-state index >= 15 is 0 Å². The molecule has 0 aliphatic rings. The van der Waals surface area contributed by atoms with Gasteiger partial charge in [-0.1, -0.05) is 24.3 Å². The van der Waals surface area contributed by atoms with Gasteiger partial charge in [0.05, 0.1) is 16.4 Å². The van der Waals surface area contributed by atoms with E-state index in [1.54, 1.807) is 24.3 Å². The highest BCUT2D eigenvalue weighted by molar-refractivity contribution is 8.00. The molecule has 2 rings (SSSR count). The molecule has 118 valence electrons. The van der Waals surface area contributed by atoms with Crippen molar-refractivity contribution in [2.75, 3.05) is 11.1 Å². The number of non-ortho nitro benzene ring substituents is 1. The van der Waals surface area contributed by atoms with Gasteiger partial charge in [0.2, 0.25) is 5.91 Å². The molecule has 7 heteroatoms. The molecule has 0 fully saturated rings. The Bertz CT molecular complexity index is 761. The van der Waals surface area contributed by atoms with E-state index in [0.29, 0.717) is 11.3 Å². The van der Waals surface area contributed by atoms with Crippen LogP contribution in [0.15, 0.2) is 53.4 Å². The van der Waals surface area contributed by atoms with E-state index in [-0.39, 0.29) is 23.1 Å². The van der Waals surface area contributed by atoms with Gasteiger partial charge in [-0.05, 0) is 12.1 Å². The van der Waals surface area contributed by atoms with Crippen molar-refractivity contribution in [3.63, 3.8) is 0 Å². The van der Waals surface area contributed by atoms with E-state index in [1.165, 1.54) is 36.9 Å². The first kappa shape index (κ1) is 16.7. The first-order valence-electron chi connectivity index (χ1n) is 6.74. The first-order chi connectivity index (χ1) is 11.0. The Morgan fingerprint density at radius 3 is 2.61 bits per heavy atom. The number of carbonyl (C=O) groups excluding carboxylic acids is 2. The predicted octanol–water partition coefficient (Wildman–Crippen LogP) is 3.53. The van der Waals surface area contributed by atoms with Gasteiger partial charge in [-0.2, -0.15) is 0 Å². The second kappa shape index (κ2) is 7.55. The zero-order valence-corrected chi connectivity index (χ0v) is 13.1. The average Bonchev–Trinajstić information content (AvgIpc) is 2.53. The van der Waals surface area contributed by atoms with Crippen LogP contribution in [-0.2, 0) is 4.79 Å². The number of para-hydroxylation sites is 1. The van der Waals surface area contributed by atoms with Crippen LogP contribution in [0.4, 0.5) is 11.4 Å². The number of amides is 1. The number of ketones is 1. The van der Waals surface area contributed by atoms with Gasteiger partial charge in [-0.15, -0.1) is 11.8 Å². The topological polar surface area (TPSA) is 89.3 Å². The molecule has 2 aromatic rings. The highest BCUT2D eigenvalue weighted by Crippen LogP contribution is 2.28. The molecule has 6 nitrogen and oxygen atoms in total. The average molecular weight is 330 g/mol. The number of nitrogens with zero attached hydrogens (tertiary/aromatic N) is 1. The monoisotopic (exact) mass is 330 g/mol. The summed E-state index contributed by atoms with van der Waals surface area (Å²) in [6.07, 6.45) is 0. The van der Waals surface area contributed by atoms with Gasteiger partial charge in [-0.25, -0.2) is 0 Å². The summed E-state index contributed by atoms with van der Waals surface area (Å²) in [5, 5.41) is 13.5. The molecule has 2 aromatic carbocycles. The largest absolute Gasteiger partial charge is 0.325 e. The quantitative estimate of drug-likeness (QED) is 0.379. The number of nitro benzene ring substituents is 1. The summed E-state index contributed by atoms with van der Waals surface area (Å²) in [6, 6.07) is 12.8. The molecular weight excluding hydrogens is 316 g/mol. The van der Waals surface area contributed by atoms with Crippen LogP contribution in [0.5, 0.6) is 0 Å². The van der Waals surface area contributed by atoms with Gasteiger partial charge in [0, 0.05) is 29.5 Å². The van der Waals surface area contributed by atoms with Crippen LogP contribution in [0.2, 0.25) is 0 Å². The van der Waals surface area contributed by atoms with Crippen molar-refractivity contribution in [3.8, 4) is 0 Å². The summed E-state index contributed by atoms with van der Waals surface area (Å²) in [5.41, 5.74) is 0.819. The number of Topliss-reactive ketones (excluding diaryl/α,β-unsaturated/α-hetero) is 1. The minimum absolute atomic E-state index is 0.112. The van der Waals surface area contributed by atoms with E-state index in [0.717, 1.165) is 4.90 Å². The Balaban J connectivity index is 2.09. The number of nitro groups is 1. The van der Waals surface area contributed by atoms with Crippen LogP contribution in [0.25, 0.3) is 0 Å². The fraction of sp³-hybridized carbons (Fsp3) is 0.125. The third-order valence-corrected chi connectivity index (χ3v) is 4.01. The number of anilines is 1. The summed E-state index contributed by atoms with van der Waals surface area (Å²) in [7, 11) is 0. The highest BCUT2D eigenvalue weighted by Gasteiger charge is 2.13. The summed E-state index contributed by atoms with van der Waals surface area (Å²) in [6.45, 7) is 1.41. The maximum atomic E-state index is 12.2. The lowest BCUT2D eigenvalue weighted by atomic mass is 10.1. The summed E-state index contributed by atoms with van der Waals surface area (Å²) in [4.78, 5) is 34.4. The molecule has 0 spiro atoms. The first-order valence-corrected chi connectivity index (χ1v) is 7.73. The molecule has 0 unspecified atom stereocenters. The maximum Gasteiger partial charge on any atom is 0.270 e. The molecule has 0 aromatic heterocycles. The van der Waals surface area contributed by atoms with Crippen molar-refractivity contribution >= 4 is 34.8 Å². The Morgan fingerprint density at radius 1 is 1.17 bits per heavy atom. The Morgan fingerprint density at radius 2 is 1.91 bits per heavy atom. The van der Waals surface area contributed by atoms with E-state index < -0.39 is 4.92 Å². The normalized spacial score (nSPS) is 10.1. The van der Waals surface area contributed by atoms with Gasteiger partial charge in [0.25, 0.3) is 5.69 Å². The molecule has 0 aliphatic carbocycles. The lowest BCUT2D eigenvalue weighted by Crippen LogP contribution is -2.07. The molecule has 1 amide bonds. The third-order valence-electron chi connectivity index (χ3n) is 2.94. The number of hydrogen-bond acceptors (Lipinski definition) is 5. The molecule has 0 bridgehead atoms. The Kier molecular flexibility index (Phi) is 5.48. The smallest absolute Gasteiger partial charge is 0.270 e. The van der Waals surface area contributed by atoms with Crippen molar-refractivity contribution in [1.29, 1.82) is 0 Å². The fourth-order valence-electron chi connectivity index (χ4n) is 1.90. The number of benzene rings is 2. The molecule has 0 saturated heterocycles. The molecule has 23 heavy (non-hydrogen) atoms. The summed E-state index contributed by atoms with van der Waals surface area (Å²) >= 11 is 1.27. The van der Waals surface area contributed by atoms with Gasteiger partial charge < -0.3 is 5.32 Å². The van der Waals surface area contributed by atoms with Crippen molar-refractivity contribution in [2.45, 2.75) is 11.8 Å². The second-order valence-corrected chi connectivity index (χ2v) is 5.71. The summed E-state index contributed by atoms with van der Waals surface area (Å²) in [5.74, 6) is -0.281. The molecule has 0 saturated carbocycles. The van der Waals surface area contributed by atoms with Crippen LogP contribution >= 0.6 is 11.8 Å². The van der Waals surface area contributed by atoms with Crippen molar-refractivity contribution in [1.82, 2.24) is 0 Å². The maximum absolute atomic E-state index is 12.2. The molecular formula is C16H14N2O4S. The number of rotatable bonds is 6. The zero-order valence-electron chi connectivity index (χ0n) is 12.3. The van der Waals surface area contributed by atoms with Gasteiger partial charge in [0.15, 0.2) is 5.78 Å². The minimum atomic E-state index is -0.532. The van der Waals surface area contributed by atoms with Gasteiger partial charge >= 0.3 is 0 Å². The Labute approximate surface area is 137 Å². The molecule has 0 aliphatic heterocycles. The van der Waals surface area contributed by atoms with Crippen LogP contribution in [-0.4, -0.2) is 22.4 Å². The standard InChI is InChI=1S/C16H14N2O4S/c1-11(19)17-14-7-2-3-8-16(14)23-10-15(20)12-5-4-6-13(9-12)18(21)22/h2-9H,10H2,1H3,(H,17,19). The lowest BCUT2D eigenvalue weighted by Gasteiger charge is -2.09. The van der Waals surface area contributed by atoms with E-state index in [9.17, 15) is 19.7 Å². The van der Waals surface area contributed by atoms with E-state index in [1.807, 2.05) is 6.07 Å². The van der Waals surface area contributed by atoms with Gasteiger partial charge in [-0.3, -0.25) is 19.7 Å². The number of thioether (sulfide) groups is 1. The van der Waals surface area contributed by atoms with E-state index in [4.69, 9.17) is 0 Å². The summed E-state index contributed by atoms with van der Waals surface area (Å²) < 4.78 is 0. The number of carbonyl (C=O) groups is 2. The molecule has 0 heterocycles. The lowest BCUT2D eigenvalue weighted by molar-refractivity contribution is -0.384. The predicted molar refractivity (Wildman–Crippen MR) is 88.9 cm³/mol. The molecule has 1 N–H and O–H groups in total.